The Morgan fingerprint density at radius 3 is 2.91 bits per heavy atom. The Bertz CT molecular complexity index is 847. The minimum absolute atomic E-state index is 0.00988. The number of aromatic amines is 1. The van der Waals surface area contributed by atoms with Crippen molar-refractivity contribution in [3.8, 4) is 0 Å². The van der Waals surface area contributed by atoms with E-state index in [1.807, 2.05) is 11.0 Å². The number of thiophene rings is 2. The fourth-order valence-electron chi connectivity index (χ4n) is 3.01. The number of fused-ring (bicyclic) bond motifs is 1. The second kappa shape index (κ2) is 5.50. The fraction of sp³-hybridized carbons (Fsp3) is 0.250. The normalized spacial score (nSPS) is 17.9. The molecule has 3 aromatic heterocycles. The molecule has 1 atom stereocenters. The minimum Gasteiger partial charge on any atom is -0.477 e. The van der Waals surface area contributed by atoms with E-state index < -0.39 is 5.97 Å². The summed E-state index contributed by atoms with van der Waals surface area (Å²) in [4.78, 5) is 30.1. The van der Waals surface area contributed by atoms with Crippen molar-refractivity contribution >= 4 is 44.8 Å². The number of nitrogens with zero attached hydrogens (tertiary/aromatic N) is 1. The van der Waals surface area contributed by atoms with Gasteiger partial charge in [-0.05, 0) is 30.0 Å². The summed E-state index contributed by atoms with van der Waals surface area (Å²) in [6, 6.07) is 7.51. The van der Waals surface area contributed by atoms with Gasteiger partial charge in [0.2, 0.25) is 0 Å². The van der Waals surface area contributed by atoms with Crippen LogP contribution in [0.4, 0.5) is 0 Å². The number of amides is 1. The van der Waals surface area contributed by atoms with E-state index in [9.17, 15) is 9.59 Å². The van der Waals surface area contributed by atoms with Gasteiger partial charge < -0.3 is 15.0 Å². The van der Waals surface area contributed by atoms with Crippen molar-refractivity contribution in [3.05, 3.63) is 45.1 Å². The van der Waals surface area contributed by atoms with Crippen molar-refractivity contribution in [1.29, 1.82) is 0 Å². The molecular weight excluding hydrogens is 332 g/mol. The molecule has 1 amide bonds. The standard InChI is InChI=1S/C16H14N2O3S2/c19-15(18-4-3-9(8-18)12-2-1-5-22-12)11-7-13-10(17-11)6-14(23-13)16(20)21/h1-2,5-7,9,17H,3-4,8H2,(H,20,21). The van der Waals surface area contributed by atoms with Gasteiger partial charge in [-0.25, -0.2) is 4.79 Å². The number of carboxylic acids is 1. The Kier molecular flexibility index (Phi) is 3.46. The Hall–Kier alpha value is -2.12. The van der Waals surface area contributed by atoms with Gasteiger partial charge in [-0.1, -0.05) is 6.07 Å². The molecule has 0 aromatic carbocycles. The van der Waals surface area contributed by atoms with Gasteiger partial charge in [0.1, 0.15) is 10.6 Å². The summed E-state index contributed by atoms with van der Waals surface area (Å²) in [5.74, 6) is -0.524. The van der Waals surface area contributed by atoms with Crippen LogP contribution in [-0.2, 0) is 0 Å². The van der Waals surface area contributed by atoms with Crippen LogP contribution in [0, 0.1) is 0 Å². The van der Waals surface area contributed by atoms with Crippen molar-refractivity contribution in [3.63, 3.8) is 0 Å². The van der Waals surface area contributed by atoms with Crippen molar-refractivity contribution in [2.75, 3.05) is 13.1 Å². The molecule has 5 nitrogen and oxygen atoms in total. The van der Waals surface area contributed by atoms with Crippen molar-refractivity contribution < 1.29 is 14.7 Å². The highest BCUT2D eigenvalue weighted by Crippen LogP contribution is 2.32. The van der Waals surface area contributed by atoms with E-state index >= 15 is 0 Å². The van der Waals surface area contributed by atoms with E-state index in [1.54, 1.807) is 23.5 Å². The molecule has 23 heavy (non-hydrogen) atoms. The molecule has 1 saturated heterocycles. The third kappa shape index (κ3) is 2.55. The lowest BCUT2D eigenvalue weighted by atomic mass is 10.1. The molecule has 2 N–H and O–H groups in total. The SMILES string of the molecule is O=C(O)c1cc2[nH]c(C(=O)N3CCC(c4cccs4)C3)cc2s1. The number of nitrogens with one attached hydrogen (secondary N) is 1. The number of aromatic carboxylic acids is 1. The maximum atomic E-state index is 12.6. The Labute approximate surface area is 140 Å². The second-order valence-corrected chi connectivity index (χ2v) is 7.69. The highest BCUT2D eigenvalue weighted by molar-refractivity contribution is 7.20. The van der Waals surface area contributed by atoms with Crippen LogP contribution < -0.4 is 0 Å². The van der Waals surface area contributed by atoms with E-state index in [0.717, 1.165) is 24.2 Å². The van der Waals surface area contributed by atoms with Crippen LogP contribution >= 0.6 is 22.7 Å². The van der Waals surface area contributed by atoms with Gasteiger partial charge in [-0.2, -0.15) is 0 Å². The molecule has 118 valence electrons. The highest BCUT2D eigenvalue weighted by Gasteiger charge is 2.29. The van der Waals surface area contributed by atoms with Gasteiger partial charge in [0.05, 0.1) is 10.2 Å². The van der Waals surface area contributed by atoms with Crippen LogP contribution in [0.2, 0.25) is 0 Å². The van der Waals surface area contributed by atoms with Gasteiger partial charge in [0.15, 0.2) is 0 Å². The van der Waals surface area contributed by atoms with Crippen molar-refractivity contribution in [1.82, 2.24) is 9.88 Å². The maximum absolute atomic E-state index is 12.6. The summed E-state index contributed by atoms with van der Waals surface area (Å²) in [6.07, 6.45) is 0.991. The van der Waals surface area contributed by atoms with Crippen LogP contribution in [0.15, 0.2) is 29.6 Å². The number of hydrogen-bond donors (Lipinski definition) is 2. The first-order valence-electron chi connectivity index (χ1n) is 7.30. The molecule has 4 heterocycles. The van der Waals surface area contributed by atoms with Crippen LogP contribution in [0.3, 0.4) is 0 Å². The van der Waals surface area contributed by atoms with Gasteiger partial charge in [0, 0.05) is 23.9 Å². The van der Waals surface area contributed by atoms with E-state index in [2.05, 4.69) is 16.4 Å². The number of likely N-dealkylation sites (tertiary alicyclic amines) is 1. The zero-order valence-electron chi connectivity index (χ0n) is 12.1. The van der Waals surface area contributed by atoms with E-state index in [1.165, 1.54) is 16.2 Å². The van der Waals surface area contributed by atoms with Crippen LogP contribution in [0.25, 0.3) is 10.2 Å². The van der Waals surface area contributed by atoms with Gasteiger partial charge in [0.25, 0.3) is 5.91 Å². The first-order valence-corrected chi connectivity index (χ1v) is 9.00. The third-order valence-electron chi connectivity index (χ3n) is 4.17. The largest absolute Gasteiger partial charge is 0.477 e. The van der Waals surface area contributed by atoms with Crippen LogP contribution in [0.1, 0.15) is 37.4 Å². The molecule has 0 spiro atoms. The summed E-state index contributed by atoms with van der Waals surface area (Å²) in [7, 11) is 0. The molecule has 0 saturated carbocycles. The minimum atomic E-state index is -0.939. The molecule has 1 unspecified atom stereocenters. The zero-order valence-corrected chi connectivity index (χ0v) is 13.7. The number of carbonyl (C=O) groups excluding carboxylic acids is 1. The molecule has 0 radical (unpaired) electrons. The number of aromatic nitrogens is 1. The van der Waals surface area contributed by atoms with Gasteiger partial charge in [-0.3, -0.25) is 4.79 Å². The quantitative estimate of drug-likeness (QED) is 0.761. The summed E-state index contributed by atoms with van der Waals surface area (Å²) in [5.41, 5.74) is 1.25. The zero-order chi connectivity index (χ0) is 16.0. The summed E-state index contributed by atoms with van der Waals surface area (Å²) >= 11 is 2.92. The summed E-state index contributed by atoms with van der Waals surface area (Å²) in [6.45, 7) is 1.50. The molecule has 1 aliphatic rings. The lowest BCUT2D eigenvalue weighted by Gasteiger charge is -2.15. The van der Waals surface area contributed by atoms with Crippen molar-refractivity contribution in [2.45, 2.75) is 12.3 Å². The first-order chi connectivity index (χ1) is 11.1. The number of carbonyl (C=O) groups is 2. The Morgan fingerprint density at radius 1 is 1.35 bits per heavy atom. The molecule has 3 aromatic rings. The smallest absolute Gasteiger partial charge is 0.345 e. The molecule has 0 bridgehead atoms. The number of rotatable bonds is 3. The van der Waals surface area contributed by atoms with E-state index in [4.69, 9.17) is 5.11 Å². The summed E-state index contributed by atoms with van der Waals surface area (Å²) in [5, 5.41) is 11.1. The first kappa shape index (κ1) is 14.5. The number of hydrogen-bond acceptors (Lipinski definition) is 4. The summed E-state index contributed by atoms with van der Waals surface area (Å²) < 4.78 is 0.805. The lowest BCUT2D eigenvalue weighted by Crippen LogP contribution is -2.28. The maximum Gasteiger partial charge on any atom is 0.345 e. The highest BCUT2D eigenvalue weighted by atomic mass is 32.1. The average Bonchev–Trinajstić information content (AvgIpc) is 3.26. The van der Waals surface area contributed by atoms with Crippen LogP contribution in [-0.4, -0.2) is 40.0 Å². The van der Waals surface area contributed by atoms with Crippen molar-refractivity contribution in [2.24, 2.45) is 0 Å². The molecule has 1 aliphatic heterocycles. The van der Waals surface area contributed by atoms with Gasteiger partial charge in [-0.15, -0.1) is 22.7 Å². The molecule has 0 aliphatic carbocycles. The lowest BCUT2D eigenvalue weighted by molar-refractivity contribution is 0.0701. The van der Waals surface area contributed by atoms with E-state index in [-0.39, 0.29) is 10.8 Å². The molecule has 7 heteroatoms. The molecule has 4 rings (SSSR count). The van der Waals surface area contributed by atoms with Crippen LogP contribution in [0.5, 0.6) is 0 Å². The monoisotopic (exact) mass is 346 g/mol. The van der Waals surface area contributed by atoms with E-state index in [0.29, 0.717) is 17.1 Å². The van der Waals surface area contributed by atoms with Gasteiger partial charge >= 0.3 is 5.97 Å². The predicted molar refractivity (Wildman–Crippen MR) is 90.7 cm³/mol. The predicted octanol–water partition coefficient (Wildman–Crippen LogP) is 3.62. The molecular formula is C16H14N2O3S2. The third-order valence-corrected chi connectivity index (χ3v) is 6.27. The topological polar surface area (TPSA) is 73.4 Å². The Morgan fingerprint density at radius 2 is 2.22 bits per heavy atom. The molecule has 1 fully saturated rings. The average molecular weight is 346 g/mol. The Balaban J connectivity index is 1.53. The second-order valence-electron chi connectivity index (χ2n) is 5.63. The number of H-pyrrole nitrogens is 1. The fourth-order valence-corrected chi connectivity index (χ4v) is 4.77. The number of carboxylic acid groups (broad SMARTS) is 1.